The number of benzene rings is 1. The van der Waals surface area contributed by atoms with Gasteiger partial charge in [-0.1, -0.05) is 0 Å². The second-order valence-corrected chi connectivity index (χ2v) is 3.16. The zero-order valence-electron chi connectivity index (χ0n) is 8.70. The van der Waals surface area contributed by atoms with Crippen molar-refractivity contribution >= 4 is 5.91 Å². The third-order valence-corrected chi connectivity index (χ3v) is 1.94. The first-order chi connectivity index (χ1) is 7.65. The molecule has 4 heteroatoms. The molecule has 0 spiro atoms. The van der Waals surface area contributed by atoms with Gasteiger partial charge in [0.1, 0.15) is 11.6 Å². The topological polar surface area (TPSA) is 52.3 Å². The summed E-state index contributed by atoms with van der Waals surface area (Å²) in [5.41, 5.74) is 4.82. The molecular weight excluding hydrogens is 209 g/mol. The highest BCUT2D eigenvalue weighted by Crippen LogP contribution is 2.16. The van der Waals surface area contributed by atoms with E-state index in [0.29, 0.717) is 25.2 Å². The Bertz CT molecular complexity index is 424. The van der Waals surface area contributed by atoms with Gasteiger partial charge in [-0.3, -0.25) is 4.79 Å². The third-order valence-electron chi connectivity index (χ3n) is 1.94. The molecule has 0 aliphatic heterocycles. The number of carbonyl (C=O) groups is 1. The van der Waals surface area contributed by atoms with Crippen molar-refractivity contribution in [2.24, 2.45) is 5.73 Å². The van der Waals surface area contributed by atoms with Gasteiger partial charge in [0.15, 0.2) is 0 Å². The van der Waals surface area contributed by atoms with Crippen LogP contribution >= 0.6 is 0 Å². The zero-order valence-corrected chi connectivity index (χ0v) is 8.70. The van der Waals surface area contributed by atoms with E-state index in [1.54, 1.807) is 0 Å². The Hall–Kier alpha value is -2.02. The quantitative estimate of drug-likeness (QED) is 0.608. The molecule has 16 heavy (non-hydrogen) atoms. The molecule has 0 heterocycles. The van der Waals surface area contributed by atoms with E-state index in [2.05, 4.69) is 5.92 Å². The number of ether oxygens (including phenoxy) is 1. The normalized spacial score (nSPS) is 9.50. The smallest absolute Gasteiger partial charge is 0.251 e. The molecule has 3 nitrogen and oxygen atoms in total. The lowest BCUT2D eigenvalue weighted by molar-refractivity contribution is 0.0996. The van der Waals surface area contributed by atoms with E-state index in [-0.39, 0.29) is 5.56 Å². The van der Waals surface area contributed by atoms with E-state index in [1.807, 2.05) is 0 Å². The first kappa shape index (κ1) is 12.1. The fourth-order valence-corrected chi connectivity index (χ4v) is 1.15. The molecule has 1 aromatic carbocycles. The Labute approximate surface area is 93.4 Å². The summed E-state index contributed by atoms with van der Waals surface area (Å²) in [6, 6.07) is 3.93. The molecule has 0 bridgehead atoms. The predicted molar refractivity (Wildman–Crippen MR) is 58.5 cm³/mol. The van der Waals surface area contributed by atoms with E-state index in [0.717, 1.165) is 6.07 Å². The minimum Gasteiger partial charge on any atom is -0.493 e. The molecule has 0 aromatic heterocycles. The fraction of sp³-hybridized carbons (Fsp3) is 0.250. The van der Waals surface area contributed by atoms with Crippen LogP contribution in [0.5, 0.6) is 5.75 Å². The number of hydrogen-bond acceptors (Lipinski definition) is 2. The van der Waals surface area contributed by atoms with Gasteiger partial charge < -0.3 is 10.5 Å². The van der Waals surface area contributed by atoms with Crippen molar-refractivity contribution in [1.29, 1.82) is 0 Å². The minimum absolute atomic E-state index is 0.143. The summed E-state index contributed by atoms with van der Waals surface area (Å²) in [6.07, 6.45) is 6.39. The van der Waals surface area contributed by atoms with Gasteiger partial charge in [0, 0.05) is 12.5 Å². The van der Waals surface area contributed by atoms with Crippen LogP contribution in [0, 0.1) is 18.2 Å². The summed E-state index contributed by atoms with van der Waals surface area (Å²) >= 11 is 0. The summed E-state index contributed by atoms with van der Waals surface area (Å²) in [4.78, 5) is 10.8. The average molecular weight is 221 g/mol. The molecule has 0 saturated carbocycles. The van der Waals surface area contributed by atoms with Crippen molar-refractivity contribution in [2.45, 2.75) is 12.8 Å². The lowest BCUT2D eigenvalue weighted by Gasteiger charge is -2.06. The number of carbonyl (C=O) groups excluding carboxylic acids is 1. The molecule has 0 unspecified atom stereocenters. The Morgan fingerprint density at radius 3 is 2.88 bits per heavy atom. The zero-order chi connectivity index (χ0) is 12.0. The average Bonchev–Trinajstić information content (AvgIpc) is 2.24. The van der Waals surface area contributed by atoms with Crippen LogP contribution in [0.1, 0.15) is 23.2 Å². The number of amides is 1. The molecule has 0 radical (unpaired) electrons. The molecule has 0 fully saturated rings. The lowest BCUT2D eigenvalue weighted by Crippen LogP contribution is -2.13. The second-order valence-electron chi connectivity index (χ2n) is 3.16. The maximum absolute atomic E-state index is 13.3. The van der Waals surface area contributed by atoms with Crippen LogP contribution in [0.2, 0.25) is 0 Å². The van der Waals surface area contributed by atoms with Gasteiger partial charge in [0.2, 0.25) is 0 Å². The van der Waals surface area contributed by atoms with Crippen LogP contribution in [0.25, 0.3) is 0 Å². The van der Waals surface area contributed by atoms with Crippen molar-refractivity contribution in [1.82, 2.24) is 0 Å². The highest BCUT2D eigenvalue weighted by molar-refractivity contribution is 5.93. The molecule has 1 aromatic rings. The van der Waals surface area contributed by atoms with E-state index < -0.39 is 11.7 Å². The summed E-state index contributed by atoms with van der Waals surface area (Å²) in [5.74, 6) is 1.36. The van der Waals surface area contributed by atoms with Crippen LogP contribution in [0.15, 0.2) is 18.2 Å². The Morgan fingerprint density at radius 1 is 1.56 bits per heavy atom. The fourth-order valence-electron chi connectivity index (χ4n) is 1.15. The highest BCUT2D eigenvalue weighted by Gasteiger charge is 2.08. The number of rotatable bonds is 5. The van der Waals surface area contributed by atoms with Gasteiger partial charge in [-0.05, 0) is 18.6 Å². The van der Waals surface area contributed by atoms with Gasteiger partial charge in [-0.2, -0.15) is 0 Å². The van der Waals surface area contributed by atoms with E-state index in [4.69, 9.17) is 16.9 Å². The summed E-state index contributed by atoms with van der Waals surface area (Å²) < 4.78 is 18.5. The van der Waals surface area contributed by atoms with Crippen molar-refractivity contribution < 1.29 is 13.9 Å². The van der Waals surface area contributed by atoms with Crippen LogP contribution < -0.4 is 10.5 Å². The number of halogens is 1. The van der Waals surface area contributed by atoms with Crippen LogP contribution in [0.3, 0.4) is 0 Å². The Morgan fingerprint density at radius 2 is 2.31 bits per heavy atom. The molecular formula is C12H12FNO2. The second kappa shape index (κ2) is 5.76. The Kier molecular flexibility index (Phi) is 4.34. The lowest BCUT2D eigenvalue weighted by atomic mass is 10.2. The first-order valence-corrected chi connectivity index (χ1v) is 4.80. The maximum Gasteiger partial charge on any atom is 0.251 e. The predicted octanol–water partition coefficient (Wildman–Crippen LogP) is 1.72. The van der Waals surface area contributed by atoms with Crippen LogP contribution in [-0.4, -0.2) is 12.5 Å². The van der Waals surface area contributed by atoms with E-state index in [1.165, 1.54) is 12.1 Å². The van der Waals surface area contributed by atoms with Gasteiger partial charge in [-0.25, -0.2) is 4.39 Å². The third kappa shape index (κ3) is 3.28. The minimum atomic E-state index is -0.795. The molecule has 0 atom stereocenters. The molecule has 1 rings (SSSR count). The molecule has 0 aliphatic carbocycles. The first-order valence-electron chi connectivity index (χ1n) is 4.80. The monoisotopic (exact) mass is 221 g/mol. The molecule has 84 valence electrons. The van der Waals surface area contributed by atoms with Gasteiger partial charge in [0.05, 0.1) is 12.2 Å². The SMILES string of the molecule is C#CCCCOc1ccc(C(N)=O)c(F)c1. The van der Waals surface area contributed by atoms with Gasteiger partial charge >= 0.3 is 0 Å². The van der Waals surface area contributed by atoms with Crippen LogP contribution in [-0.2, 0) is 0 Å². The molecule has 0 saturated heterocycles. The summed E-state index contributed by atoms with van der Waals surface area (Å²) in [5, 5.41) is 0. The van der Waals surface area contributed by atoms with Crippen molar-refractivity contribution in [3.8, 4) is 18.1 Å². The summed E-state index contributed by atoms with van der Waals surface area (Å²) in [6.45, 7) is 0.416. The van der Waals surface area contributed by atoms with Crippen molar-refractivity contribution in [2.75, 3.05) is 6.61 Å². The van der Waals surface area contributed by atoms with E-state index in [9.17, 15) is 9.18 Å². The number of nitrogens with two attached hydrogens (primary N) is 1. The number of primary amides is 1. The standard InChI is InChI=1S/C12H12FNO2/c1-2-3-4-7-16-9-5-6-10(12(14)15)11(13)8-9/h1,5-6,8H,3-4,7H2,(H2,14,15). The molecule has 0 aliphatic rings. The van der Waals surface area contributed by atoms with Gasteiger partial charge in [-0.15, -0.1) is 12.3 Å². The summed E-state index contributed by atoms with van der Waals surface area (Å²) in [7, 11) is 0. The highest BCUT2D eigenvalue weighted by atomic mass is 19.1. The van der Waals surface area contributed by atoms with Crippen molar-refractivity contribution in [3.05, 3.63) is 29.6 Å². The van der Waals surface area contributed by atoms with E-state index >= 15 is 0 Å². The molecule has 1 amide bonds. The van der Waals surface area contributed by atoms with Crippen molar-refractivity contribution in [3.63, 3.8) is 0 Å². The number of hydrogen-bond donors (Lipinski definition) is 1. The van der Waals surface area contributed by atoms with Gasteiger partial charge in [0.25, 0.3) is 5.91 Å². The largest absolute Gasteiger partial charge is 0.493 e. The maximum atomic E-state index is 13.3. The van der Waals surface area contributed by atoms with Crippen LogP contribution in [0.4, 0.5) is 4.39 Å². The number of unbranched alkanes of at least 4 members (excludes halogenated alkanes) is 1. The molecule has 2 N–H and O–H groups in total. The number of terminal acetylenes is 1. The Balaban J connectivity index is 2.60.